The molecule has 0 heterocycles. The lowest BCUT2D eigenvalue weighted by Crippen LogP contribution is -1.99. The van der Waals surface area contributed by atoms with Crippen molar-refractivity contribution in [3.8, 4) is 5.75 Å². The molecule has 0 spiro atoms. The number of alkyl halides is 1. The minimum absolute atomic E-state index is 0.00680. The van der Waals surface area contributed by atoms with Crippen molar-refractivity contribution in [2.45, 2.75) is 17.7 Å². The van der Waals surface area contributed by atoms with E-state index < -0.39 is 0 Å². The maximum atomic E-state index is 6.70. The van der Waals surface area contributed by atoms with E-state index in [2.05, 4.69) is 52.3 Å². The highest BCUT2D eigenvalue weighted by Gasteiger charge is 2.44. The average Bonchev–Trinajstić information content (AvgIpc) is 3.28. The molecule has 1 nitrogen and oxygen atoms in total. The van der Waals surface area contributed by atoms with Gasteiger partial charge in [0.05, 0.1) is 12.5 Å². The second kappa shape index (κ2) is 5.79. The molecule has 104 valence electrons. The summed E-state index contributed by atoms with van der Waals surface area (Å²) >= 11 is 10.2. The van der Waals surface area contributed by atoms with Crippen molar-refractivity contribution in [3.63, 3.8) is 0 Å². The number of methoxy groups -OCH3 is 1. The molecular weight excluding hydrogens is 336 g/mol. The summed E-state index contributed by atoms with van der Waals surface area (Å²) in [5.74, 6) is 1.93. The lowest BCUT2D eigenvalue weighted by atomic mass is 10.0. The molecular formula is C17H16BrClO. The van der Waals surface area contributed by atoms with Gasteiger partial charge < -0.3 is 4.74 Å². The quantitative estimate of drug-likeness (QED) is 0.657. The number of halogens is 2. The second-order valence-electron chi connectivity index (χ2n) is 5.20. The van der Waals surface area contributed by atoms with Crippen LogP contribution in [0.2, 0.25) is 0 Å². The smallest absolute Gasteiger partial charge is 0.123 e. The molecule has 1 fully saturated rings. The predicted molar refractivity (Wildman–Crippen MR) is 86.6 cm³/mol. The van der Waals surface area contributed by atoms with Crippen LogP contribution in [0.15, 0.2) is 53.0 Å². The largest absolute Gasteiger partial charge is 0.496 e. The second-order valence-corrected chi connectivity index (χ2v) is 6.59. The van der Waals surface area contributed by atoms with E-state index in [4.69, 9.17) is 16.3 Å². The zero-order valence-corrected chi connectivity index (χ0v) is 13.6. The molecule has 3 unspecified atom stereocenters. The first kappa shape index (κ1) is 14.0. The number of ether oxygens (including phenoxy) is 1. The van der Waals surface area contributed by atoms with Gasteiger partial charge in [-0.15, -0.1) is 11.6 Å². The van der Waals surface area contributed by atoms with Crippen LogP contribution in [-0.2, 0) is 0 Å². The number of hydrogen-bond acceptors (Lipinski definition) is 1. The molecule has 1 aliphatic rings. The van der Waals surface area contributed by atoms with Gasteiger partial charge in [0.25, 0.3) is 0 Å². The fourth-order valence-electron chi connectivity index (χ4n) is 2.77. The topological polar surface area (TPSA) is 9.23 Å². The number of benzene rings is 2. The Morgan fingerprint density at radius 2 is 1.95 bits per heavy atom. The molecule has 3 atom stereocenters. The van der Waals surface area contributed by atoms with Gasteiger partial charge in [0.1, 0.15) is 5.75 Å². The molecule has 3 rings (SSSR count). The highest BCUT2D eigenvalue weighted by Crippen LogP contribution is 2.57. The van der Waals surface area contributed by atoms with E-state index in [1.165, 1.54) is 5.56 Å². The summed E-state index contributed by atoms with van der Waals surface area (Å²) < 4.78 is 6.47. The van der Waals surface area contributed by atoms with Crippen LogP contribution in [0.5, 0.6) is 5.75 Å². The summed E-state index contributed by atoms with van der Waals surface area (Å²) in [7, 11) is 1.69. The van der Waals surface area contributed by atoms with Gasteiger partial charge in [-0.25, -0.2) is 0 Å². The van der Waals surface area contributed by atoms with E-state index >= 15 is 0 Å². The summed E-state index contributed by atoms with van der Waals surface area (Å²) in [6.45, 7) is 0. The van der Waals surface area contributed by atoms with Crippen molar-refractivity contribution >= 4 is 27.5 Å². The fraction of sp³-hybridized carbons (Fsp3) is 0.294. The Morgan fingerprint density at radius 1 is 1.20 bits per heavy atom. The Morgan fingerprint density at radius 3 is 2.65 bits per heavy atom. The van der Waals surface area contributed by atoms with Crippen LogP contribution < -0.4 is 4.74 Å². The molecule has 0 aliphatic heterocycles. The van der Waals surface area contributed by atoms with Gasteiger partial charge in [0.15, 0.2) is 0 Å². The van der Waals surface area contributed by atoms with E-state index in [1.807, 2.05) is 12.1 Å². The zero-order valence-electron chi connectivity index (χ0n) is 11.2. The molecule has 1 aliphatic carbocycles. The Labute approximate surface area is 133 Å². The van der Waals surface area contributed by atoms with Gasteiger partial charge in [-0.05, 0) is 42.0 Å². The lowest BCUT2D eigenvalue weighted by Gasteiger charge is -2.14. The normalized spacial score (nSPS) is 22.4. The summed E-state index contributed by atoms with van der Waals surface area (Å²) in [5.41, 5.74) is 2.46. The van der Waals surface area contributed by atoms with Gasteiger partial charge in [-0.2, -0.15) is 0 Å². The molecule has 3 heteroatoms. The maximum Gasteiger partial charge on any atom is 0.123 e. The molecule has 20 heavy (non-hydrogen) atoms. The standard InChI is InChI=1S/C17H16BrClO/c1-20-16-8-7-12(18)9-15(16)17(19)14-10-13(14)11-5-3-2-4-6-11/h2-9,13-14,17H,10H2,1H3. The van der Waals surface area contributed by atoms with Crippen molar-refractivity contribution in [1.82, 2.24) is 0 Å². The monoisotopic (exact) mass is 350 g/mol. The lowest BCUT2D eigenvalue weighted by molar-refractivity contribution is 0.407. The number of rotatable bonds is 4. The van der Waals surface area contributed by atoms with E-state index in [1.54, 1.807) is 7.11 Å². The Bertz CT molecular complexity index is 599. The van der Waals surface area contributed by atoms with E-state index in [9.17, 15) is 0 Å². The molecule has 2 aromatic rings. The van der Waals surface area contributed by atoms with Crippen LogP contribution in [0, 0.1) is 5.92 Å². The Hall–Kier alpha value is -0.990. The minimum Gasteiger partial charge on any atom is -0.496 e. The van der Waals surface area contributed by atoms with E-state index in [-0.39, 0.29) is 5.38 Å². The third kappa shape index (κ3) is 2.72. The highest BCUT2D eigenvalue weighted by molar-refractivity contribution is 9.10. The SMILES string of the molecule is COc1ccc(Br)cc1C(Cl)C1CC1c1ccccc1. The van der Waals surface area contributed by atoms with Crippen LogP contribution in [0.4, 0.5) is 0 Å². The van der Waals surface area contributed by atoms with Gasteiger partial charge in [-0.3, -0.25) is 0 Å². The molecule has 1 saturated carbocycles. The maximum absolute atomic E-state index is 6.70. The van der Waals surface area contributed by atoms with Gasteiger partial charge in [0, 0.05) is 10.0 Å². The molecule has 0 radical (unpaired) electrons. The molecule has 2 aromatic carbocycles. The van der Waals surface area contributed by atoms with Crippen LogP contribution in [0.1, 0.15) is 28.8 Å². The first-order chi connectivity index (χ1) is 9.70. The fourth-order valence-corrected chi connectivity index (χ4v) is 3.60. The molecule has 0 amide bonds. The molecule has 0 saturated heterocycles. The van der Waals surface area contributed by atoms with Crippen LogP contribution >= 0.6 is 27.5 Å². The predicted octanol–water partition coefficient (Wildman–Crippen LogP) is 5.54. The Balaban J connectivity index is 1.81. The first-order valence-corrected chi connectivity index (χ1v) is 7.96. The van der Waals surface area contributed by atoms with Crippen LogP contribution in [-0.4, -0.2) is 7.11 Å². The van der Waals surface area contributed by atoms with Crippen molar-refractivity contribution in [2.75, 3.05) is 7.11 Å². The average molecular weight is 352 g/mol. The van der Waals surface area contributed by atoms with Gasteiger partial charge in [-0.1, -0.05) is 46.3 Å². The van der Waals surface area contributed by atoms with E-state index in [0.29, 0.717) is 11.8 Å². The molecule has 0 N–H and O–H groups in total. The minimum atomic E-state index is -0.00680. The van der Waals surface area contributed by atoms with E-state index in [0.717, 1.165) is 22.2 Å². The van der Waals surface area contributed by atoms with Gasteiger partial charge >= 0.3 is 0 Å². The molecule has 0 aromatic heterocycles. The van der Waals surface area contributed by atoms with Crippen molar-refractivity contribution in [1.29, 1.82) is 0 Å². The molecule has 0 bridgehead atoms. The summed E-state index contributed by atoms with van der Waals surface area (Å²) in [6, 6.07) is 16.6. The third-order valence-electron chi connectivity index (χ3n) is 3.93. The summed E-state index contributed by atoms with van der Waals surface area (Å²) in [4.78, 5) is 0. The van der Waals surface area contributed by atoms with Crippen LogP contribution in [0.25, 0.3) is 0 Å². The summed E-state index contributed by atoms with van der Waals surface area (Å²) in [5, 5.41) is -0.00680. The first-order valence-electron chi connectivity index (χ1n) is 6.73. The van der Waals surface area contributed by atoms with Gasteiger partial charge in [0.2, 0.25) is 0 Å². The highest BCUT2D eigenvalue weighted by atomic mass is 79.9. The zero-order chi connectivity index (χ0) is 14.1. The third-order valence-corrected chi connectivity index (χ3v) is 4.98. The summed E-state index contributed by atoms with van der Waals surface area (Å²) in [6.07, 6.45) is 1.15. The van der Waals surface area contributed by atoms with Crippen molar-refractivity contribution < 1.29 is 4.74 Å². The number of hydrogen-bond donors (Lipinski definition) is 0. The Kier molecular flexibility index (Phi) is 4.04. The van der Waals surface area contributed by atoms with Crippen molar-refractivity contribution in [3.05, 3.63) is 64.1 Å². The van der Waals surface area contributed by atoms with Crippen LogP contribution in [0.3, 0.4) is 0 Å². The van der Waals surface area contributed by atoms with Crippen molar-refractivity contribution in [2.24, 2.45) is 5.92 Å².